The van der Waals surface area contributed by atoms with E-state index < -0.39 is 7.82 Å². The van der Waals surface area contributed by atoms with Gasteiger partial charge in [-0.05, 0) is 12.3 Å². The monoisotopic (exact) mass is 362 g/mol. The van der Waals surface area contributed by atoms with Crippen LogP contribution in [0.15, 0.2) is 0 Å². The predicted octanol–water partition coefficient (Wildman–Crippen LogP) is 4.78. The first-order valence-electron chi connectivity index (χ1n) is 8.64. The maximum atomic E-state index is 11.0. The molecule has 0 aromatic heterocycles. The average Bonchev–Trinajstić information content (AvgIpc) is 2.42. The van der Waals surface area contributed by atoms with Gasteiger partial charge in [-0.15, -0.1) is 0 Å². The molecule has 0 aromatic carbocycles. The van der Waals surface area contributed by atoms with Gasteiger partial charge in [0.25, 0.3) is 0 Å². The van der Waals surface area contributed by atoms with Crippen LogP contribution in [0.25, 0.3) is 0 Å². The number of rotatable bonds is 14. The third kappa shape index (κ3) is 16.6. The SMILES string of the molecule is CCCCCCCCCCCC(OP(=O)(O)O)C(C)CC.[KH]. The summed E-state index contributed by atoms with van der Waals surface area (Å²) in [5.74, 6) is 0.187. The third-order valence-corrected chi connectivity index (χ3v) is 4.69. The average molecular weight is 363 g/mol. The Kier molecular flexibility index (Phi) is 19.2. The van der Waals surface area contributed by atoms with Crippen LogP contribution in [0.3, 0.4) is 0 Å². The van der Waals surface area contributed by atoms with Crippen molar-refractivity contribution >= 4 is 59.2 Å². The standard InChI is InChI=1S/C16H35O4P.K.H/c1-4-6-7-8-9-10-11-12-13-14-16(15(3)5-2)20-21(17,18)19;;/h15-16H,4-14H2,1-3H3,(H2,17,18,19);;. The van der Waals surface area contributed by atoms with Crippen molar-refractivity contribution in [3.63, 3.8) is 0 Å². The Hall–Kier alpha value is 1.75. The molecular formula is C16H36KO4P. The Balaban J connectivity index is 0. The van der Waals surface area contributed by atoms with E-state index in [1.165, 1.54) is 44.9 Å². The molecule has 2 unspecified atom stereocenters. The summed E-state index contributed by atoms with van der Waals surface area (Å²) in [5, 5.41) is 0. The van der Waals surface area contributed by atoms with Gasteiger partial charge in [0.2, 0.25) is 0 Å². The first-order chi connectivity index (χ1) is 9.90. The first kappa shape index (κ1) is 26.0. The van der Waals surface area contributed by atoms with Gasteiger partial charge in [0, 0.05) is 0 Å². The van der Waals surface area contributed by atoms with Gasteiger partial charge in [0.1, 0.15) is 0 Å². The van der Waals surface area contributed by atoms with Gasteiger partial charge in [0.05, 0.1) is 6.10 Å². The van der Waals surface area contributed by atoms with Crippen molar-refractivity contribution in [1.82, 2.24) is 0 Å². The Morgan fingerprint density at radius 1 is 0.909 bits per heavy atom. The molecule has 0 saturated heterocycles. The molecule has 0 amide bonds. The maximum absolute atomic E-state index is 11.0. The van der Waals surface area contributed by atoms with Crippen LogP contribution in [0.4, 0.5) is 0 Å². The van der Waals surface area contributed by atoms with E-state index in [1.54, 1.807) is 0 Å². The van der Waals surface area contributed by atoms with Crippen molar-refractivity contribution in [1.29, 1.82) is 0 Å². The van der Waals surface area contributed by atoms with Gasteiger partial charge in [-0.1, -0.05) is 85.0 Å². The second-order valence-electron chi connectivity index (χ2n) is 6.14. The normalized spacial score (nSPS) is 14.4. The summed E-state index contributed by atoms with van der Waals surface area (Å²) in [6.07, 6.45) is 12.5. The molecule has 0 saturated carbocycles. The van der Waals surface area contributed by atoms with Gasteiger partial charge < -0.3 is 9.79 Å². The second kappa shape index (κ2) is 16.2. The molecule has 0 heterocycles. The van der Waals surface area contributed by atoms with Crippen LogP contribution in [-0.4, -0.2) is 67.3 Å². The molecule has 0 rings (SSSR count). The van der Waals surface area contributed by atoms with Crippen LogP contribution in [0.1, 0.15) is 91.4 Å². The summed E-state index contributed by atoms with van der Waals surface area (Å²) >= 11 is 0. The molecule has 2 N–H and O–H groups in total. The van der Waals surface area contributed by atoms with Crippen LogP contribution < -0.4 is 0 Å². The quantitative estimate of drug-likeness (QED) is 0.265. The fraction of sp³-hybridized carbons (Fsp3) is 1.00. The molecule has 6 heteroatoms. The summed E-state index contributed by atoms with van der Waals surface area (Å²) in [7, 11) is -4.37. The minimum atomic E-state index is -4.37. The van der Waals surface area contributed by atoms with E-state index in [9.17, 15) is 4.57 Å². The van der Waals surface area contributed by atoms with Crippen molar-refractivity contribution in [2.75, 3.05) is 0 Å². The van der Waals surface area contributed by atoms with Crippen molar-refractivity contribution in [2.45, 2.75) is 97.5 Å². The van der Waals surface area contributed by atoms with E-state index in [-0.39, 0.29) is 63.4 Å². The third-order valence-electron chi connectivity index (χ3n) is 4.14. The summed E-state index contributed by atoms with van der Waals surface area (Å²) in [5.41, 5.74) is 0. The van der Waals surface area contributed by atoms with Crippen LogP contribution in [-0.2, 0) is 9.09 Å². The number of hydrogen-bond acceptors (Lipinski definition) is 2. The molecule has 0 spiro atoms. The first-order valence-corrected chi connectivity index (χ1v) is 10.2. The minimum absolute atomic E-state index is 0. The van der Waals surface area contributed by atoms with Crippen molar-refractivity contribution in [3.05, 3.63) is 0 Å². The fourth-order valence-electron chi connectivity index (χ4n) is 2.54. The summed E-state index contributed by atoms with van der Waals surface area (Å²) < 4.78 is 15.9. The molecule has 4 nitrogen and oxygen atoms in total. The van der Waals surface area contributed by atoms with Crippen LogP contribution in [0.2, 0.25) is 0 Å². The Morgan fingerprint density at radius 2 is 1.36 bits per heavy atom. The van der Waals surface area contributed by atoms with Gasteiger partial charge in [-0.3, -0.25) is 4.52 Å². The molecule has 130 valence electrons. The van der Waals surface area contributed by atoms with Gasteiger partial charge >= 0.3 is 59.2 Å². The van der Waals surface area contributed by atoms with Gasteiger partial charge in [-0.25, -0.2) is 4.57 Å². The molecule has 2 atom stereocenters. The molecule has 0 aliphatic carbocycles. The van der Waals surface area contributed by atoms with E-state index in [0.29, 0.717) is 0 Å². The summed E-state index contributed by atoms with van der Waals surface area (Å²) in [4.78, 5) is 17.9. The molecule has 0 aromatic rings. The van der Waals surface area contributed by atoms with Gasteiger partial charge in [0.15, 0.2) is 0 Å². The van der Waals surface area contributed by atoms with Crippen molar-refractivity contribution in [3.8, 4) is 0 Å². The summed E-state index contributed by atoms with van der Waals surface area (Å²) in [6, 6.07) is 0. The van der Waals surface area contributed by atoms with E-state index in [1.807, 2.05) is 13.8 Å². The van der Waals surface area contributed by atoms with Crippen LogP contribution in [0.5, 0.6) is 0 Å². The molecule has 22 heavy (non-hydrogen) atoms. The fourth-order valence-corrected chi connectivity index (χ4v) is 3.20. The van der Waals surface area contributed by atoms with Crippen molar-refractivity contribution < 1.29 is 18.9 Å². The van der Waals surface area contributed by atoms with Crippen LogP contribution in [0, 0.1) is 5.92 Å². The zero-order valence-electron chi connectivity index (χ0n) is 14.1. The molecule has 0 bridgehead atoms. The zero-order valence-corrected chi connectivity index (χ0v) is 15.0. The zero-order chi connectivity index (χ0) is 16.1. The molecular weight excluding hydrogens is 326 g/mol. The van der Waals surface area contributed by atoms with E-state index in [0.717, 1.165) is 25.7 Å². The number of phosphoric acid groups is 1. The Labute approximate surface area is 179 Å². The number of unbranched alkanes of at least 4 members (excludes halogenated alkanes) is 8. The number of phosphoric ester groups is 1. The molecule has 0 aliphatic rings. The van der Waals surface area contributed by atoms with Gasteiger partial charge in [-0.2, -0.15) is 0 Å². The number of hydrogen-bond donors (Lipinski definition) is 2. The second-order valence-corrected chi connectivity index (χ2v) is 7.33. The molecule has 0 aliphatic heterocycles. The Morgan fingerprint density at radius 3 is 1.77 bits per heavy atom. The van der Waals surface area contributed by atoms with Crippen LogP contribution >= 0.6 is 7.82 Å². The molecule has 0 radical (unpaired) electrons. The Bertz CT molecular complexity index is 283. The van der Waals surface area contributed by atoms with E-state index in [4.69, 9.17) is 14.3 Å². The van der Waals surface area contributed by atoms with E-state index >= 15 is 0 Å². The topological polar surface area (TPSA) is 66.8 Å². The molecule has 0 fully saturated rings. The summed E-state index contributed by atoms with van der Waals surface area (Å²) in [6.45, 7) is 6.25. The predicted molar refractivity (Wildman–Crippen MR) is 95.4 cm³/mol. The van der Waals surface area contributed by atoms with Crippen molar-refractivity contribution in [2.24, 2.45) is 5.92 Å². The van der Waals surface area contributed by atoms with E-state index in [2.05, 4.69) is 6.92 Å².